The van der Waals surface area contributed by atoms with Crippen molar-refractivity contribution in [2.75, 3.05) is 5.73 Å². The normalized spacial score (nSPS) is 10.4. The molecule has 1 aromatic carbocycles. The van der Waals surface area contributed by atoms with Crippen molar-refractivity contribution in [3.63, 3.8) is 0 Å². The summed E-state index contributed by atoms with van der Waals surface area (Å²) in [6.45, 7) is 3.57. The van der Waals surface area contributed by atoms with E-state index in [2.05, 4.69) is 4.98 Å². The summed E-state index contributed by atoms with van der Waals surface area (Å²) in [4.78, 5) is 4.32. The lowest BCUT2D eigenvalue weighted by atomic mass is 10.1. The number of halogens is 1. The van der Waals surface area contributed by atoms with Crippen molar-refractivity contribution in [1.29, 1.82) is 0 Å². The number of pyridine rings is 1. The standard InChI is InChI=1S/C13H13FN2/c1-8-3-4-10(7-11(8)14)13-6-5-12(15)9(2)16-13/h3-7H,15H2,1-2H3. The first-order chi connectivity index (χ1) is 7.58. The van der Waals surface area contributed by atoms with E-state index in [0.717, 1.165) is 17.0 Å². The molecule has 2 aromatic rings. The highest BCUT2D eigenvalue weighted by Crippen LogP contribution is 2.21. The van der Waals surface area contributed by atoms with Gasteiger partial charge in [0, 0.05) is 5.56 Å². The smallest absolute Gasteiger partial charge is 0.126 e. The maximum absolute atomic E-state index is 13.4. The van der Waals surface area contributed by atoms with Crippen LogP contribution in [0.25, 0.3) is 11.3 Å². The first-order valence-corrected chi connectivity index (χ1v) is 5.07. The molecule has 2 N–H and O–H groups in total. The summed E-state index contributed by atoms with van der Waals surface area (Å²) in [6.07, 6.45) is 0. The number of hydrogen-bond donors (Lipinski definition) is 1. The van der Waals surface area contributed by atoms with Crippen molar-refractivity contribution in [1.82, 2.24) is 4.98 Å². The van der Waals surface area contributed by atoms with Crippen LogP contribution in [0, 0.1) is 19.7 Å². The predicted octanol–water partition coefficient (Wildman–Crippen LogP) is 3.09. The van der Waals surface area contributed by atoms with Gasteiger partial charge in [0.2, 0.25) is 0 Å². The Labute approximate surface area is 93.9 Å². The first kappa shape index (κ1) is 10.6. The number of aryl methyl sites for hydroxylation is 2. The highest BCUT2D eigenvalue weighted by atomic mass is 19.1. The van der Waals surface area contributed by atoms with Crippen LogP contribution in [-0.4, -0.2) is 4.98 Å². The molecule has 1 aromatic heterocycles. The molecule has 82 valence electrons. The molecule has 2 nitrogen and oxygen atoms in total. The summed E-state index contributed by atoms with van der Waals surface area (Å²) in [6, 6.07) is 8.68. The zero-order valence-corrected chi connectivity index (χ0v) is 9.29. The maximum Gasteiger partial charge on any atom is 0.126 e. The lowest BCUT2D eigenvalue weighted by molar-refractivity contribution is 0.619. The van der Waals surface area contributed by atoms with Gasteiger partial charge in [-0.3, -0.25) is 4.98 Å². The Balaban J connectivity index is 2.50. The van der Waals surface area contributed by atoms with Crippen molar-refractivity contribution in [3.05, 3.63) is 47.4 Å². The number of nitrogens with two attached hydrogens (primary N) is 1. The summed E-state index contributed by atoms with van der Waals surface area (Å²) >= 11 is 0. The SMILES string of the molecule is Cc1ccc(-c2ccc(N)c(C)n2)cc1F. The lowest BCUT2D eigenvalue weighted by Gasteiger charge is -2.05. The molecule has 2 rings (SSSR count). The van der Waals surface area contributed by atoms with E-state index in [1.165, 1.54) is 6.07 Å². The van der Waals surface area contributed by atoms with Crippen LogP contribution in [0.2, 0.25) is 0 Å². The third-order valence-electron chi connectivity index (χ3n) is 2.59. The summed E-state index contributed by atoms with van der Waals surface area (Å²) < 4.78 is 13.4. The number of nitrogens with zero attached hydrogens (tertiary/aromatic N) is 1. The third kappa shape index (κ3) is 1.89. The molecule has 1 heterocycles. The Hall–Kier alpha value is -1.90. The molecule has 0 saturated carbocycles. The Morgan fingerprint density at radius 2 is 1.88 bits per heavy atom. The van der Waals surface area contributed by atoms with E-state index in [1.807, 2.05) is 13.0 Å². The van der Waals surface area contributed by atoms with Gasteiger partial charge in [0.05, 0.1) is 17.1 Å². The van der Waals surface area contributed by atoms with Crippen LogP contribution in [0.15, 0.2) is 30.3 Å². The molecule has 0 radical (unpaired) electrons. The van der Waals surface area contributed by atoms with Gasteiger partial charge in [-0.15, -0.1) is 0 Å². The van der Waals surface area contributed by atoms with Gasteiger partial charge in [0.15, 0.2) is 0 Å². The van der Waals surface area contributed by atoms with Crippen molar-refractivity contribution in [3.8, 4) is 11.3 Å². The second kappa shape index (κ2) is 3.93. The molecule has 3 heteroatoms. The van der Waals surface area contributed by atoms with Crippen molar-refractivity contribution >= 4 is 5.69 Å². The molecule has 0 fully saturated rings. The second-order valence-electron chi connectivity index (χ2n) is 3.84. The zero-order chi connectivity index (χ0) is 11.7. The predicted molar refractivity (Wildman–Crippen MR) is 63.5 cm³/mol. The van der Waals surface area contributed by atoms with Crippen LogP contribution in [0.1, 0.15) is 11.3 Å². The van der Waals surface area contributed by atoms with Crippen molar-refractivity contribution in [2.24, 2.45) is 0 Å². The fourth-order valence-electron chi connectivity index (χ4n) is 1.48. The largest absolute Gasteiger partial charge is 0.397 e. The molecule has 0 bridgehead atoms. The topological polar surface area (TPSA) is 38.9 Å². The molecule has 0 spiro atoms. The Morgan fingerprint density at radius 3 is 2.50 bits per heavy atom. The molecule has 0 amide bonds. The number of nitrogen functional groups attached to an aromatic ring is 1. The second-order valence-corrected chi connectivity index (χ2v) is 3.84. The fraction of sp³-hybridized carbons (Fsp3) is 0.154. The molecule has 0 saturated heterocycles. The van der Waals surface area contributed by atoms with Crippen LogP contribution >= 0.6 is 0 Å². The number of aromatic nitrogens is 1. The Bertz CT molecular complexity index is 486. The van der Waals surface area contributed by atoms with Gasteiger partial charge in [0.1, 0.15) is 5.82 Å². The van der Waals surface area contributed by atoms with E-state index in [4.69, 9.17) is 5.73 Å². The monoisotopic (exact) mass is 216 g/mol. The van der Waals surface area contributed by atoms with Gasteiger partial charge in [-0.1, -0.05) is 12.1 Å². The minimum absolute atomic E-state index is 0.214. The summed E-state index contributed by atoms with van der Waals surface area (Å²) in [5.41, 5.74) is 9.24. The van der Waals surface area contributed by atoms with Crippen LogP contribution in [0.4, 0.5) is 10.1 Å². The van der Waals surface area contributed by atoms with E-state index in [-0.39, 0.29) is 5.82 Å². The van der Waals surface area contributed by atoms with Crippen LogP contribution in [-0.2, 0) is 0 Å². The summed E-state index contributed by atoms with van der Waals surface area (Å²) in [7, 11) is 0. The molecule has 0 atom stereocenters. The molecular weight excluding hydrogens is 203 g/mol. The Morgan fingerprint density at radius 1 is 1.12 bits per heavy atom. The molecule has 0 aliphatic rings. The quantitative estimate of drug-likeness (QED) is 0.795. The average Bonchev–Trinajstić information content (AvgIpc) is 2.26. The molecule has 0 aliphatic heterocycles. The van der Waals surface area contributed by atoms with Gasteiger partial charge >= 0.3 is 0 Å². The van der Waals surface area contributed by atoms with E-state index in [9.17, 15) is 4.39 Å². The molecule has 16 heavy (non-hydrogen) atoms. The van der Waals surface area contributed by atoms with E-state index >= 15 is 0 Å². The van der Waals surface area contributed by atoms with Crippen LogP contribution in [0.3, 0.4) is 0 Å². The van der Waals surface area contributed by atoms with Gasteiger partial charge in [-0.05, 0) is 37.6 Å². The Kier molecular flexibility index (Phi) is 2.60. The number of hydrogen-bond acceptors (Lipinski definition) is 2. The third-order valence-corrected chi connectivity index (χ3v) is 2.59. The molecule has 0 aliphatic carbocycles. The van der Waals surface area contributed by atoms with Gasteiger partial charge in [-0.25, -0.2) is 4.39 Å². The average molecular weight is 216 g/mol. The summed E-state index contributed by atoms with van der Waals surface area (Å²) in [5.74, 6) is -0.214. The molecule has 0 unspecified atom stereocenters. The minimum Gasteiger partial charge on any atom is -0.397 e. The number of anilines is 1. The van der Waals surface area contributed by atoms with E-state index in [1.54, 1.807) is 25.1 Å². The first-order valence-electron chi connectivity index (χ1n) is 5.07. The number of benzene rings is 1. The molecular formula is C13H13FN2. The summed E-state index contributed by atoms with van der Waals surface area (Å²) in [5, 5.41) is 0. The van der Waals surface area contributed by atoms with Crippen molar-refractivity contribution in [2.45, 2.75) is 13.8 Å². The zero-order valence-electron chi connectivity index (χ0n) is 9.29. The van der Waals surface area contributed by atoms with Crippen LogP contribution < -0.4 is 5.73 Å². The van der Waals surface area contributed by atoms with Crippen molar-refractivity contribution < 1.29 is 4.39 Å². The van der Waals surface area contributed by atoms with E-state index < -0.39 is 0 Å². The van der Waals surface area contributed by atoms with Gasteiger partial charge < -0.3 is 5.73 Å². The number of rotatable bonds is 1. The lowest BCUT2D eigenvalue weighted by Crippen LogP contribution is -1.94. The van der Waals surface area contributed by atoms with E-state index in [0.29, 0.717) is 11.3 Å². The minimum atomic E-state index is -0.214. The highest BCUT2D eigenvalue weighted by molar-refractivity contribution is 5.62. The van der Waals surface area contributed by atoms with Gasteiger partial charge in [-0.2, -0.15) is 0 Å². The van der Waals surface area contributed by atoms with Gasteiger partial charge in [0.25, 0.3) is 0 Å². The highest BCUT2D eigenvalue weighted by Gasteiger charge is 2.04. The van der Waals surface area contributed by atoms with Crippen LogP contribution in [0.5, 0.6) is 0 Å². The fourth-order valence-corrected chi connectivity index (χ4v) is 1.48. The maximum atomic E-state index is 13.4.